The Hall–Kier alpha value is -2.31. The lowest BCUT2D eigenvalue weighted by atomic mass is 10.1. The summed E-state index contributed by atoms with van der Waals surface area (Å²) < 4.78 is 10.2. The molecule has 0 fully saturated rings. The van der Waals surface area contributed by atoms with Crippen LogP contribution >= 0.6 is 0 Å². The van der Waals surface area contributed by atoms with Gasteiger partial charge in [0.05, 0.1) is 7.11 Å². The second-order valence-corrected chi connectivity index (χ2v) is 5.64. The predicted octanol–water partition coefficient (Wildman–Crippen LogP) is 2.47. The first kappa shape index (κ1) is 17.7. The van der Waals surface area contributed by atoms with Crippen molar-refractivity contribution in [2.75, 3.05) is 13.7 Å². The molecule has 0 bridgehead atoms. The number of rotatable bonds is 5. The fourth-order valence-corrected chi connectivity index (χ4v) is 1.87. The highest BCUT2D eigenvalue weighted by Gasteiger charge is 2.33. The number of aromatic nitrogens is 1. The molecular weight excluding hydrogens is 288 g/mol. The normalized spacial score (nSPS) is 12.4. The minimum absolute atomic E-state index is 0.192. The lowest BCUT2D eigenvalue weighted by Gasteiger charge is -2.30. The Kier molecular flexibility index (Phi) is 5.73. The number of hydrogen-bond acceptors (Lipinski definition) is 5. The van der Waals surface area contributed by atoms with Gasteiger partial charge >= 0.3 is 12.1 Å². The van der Waals surface area contributed by atoms with Crippen LogP contribution in [0.3, 0.4) is 0 Å². The summed E-state index contributed by atoms with van der Waals surface area (Å²) in [5.74, 6) is -0.784. The number of carboxylic acid groups (broad SMARTS) is 1. The zero-order valence-corrected chi connectivity index (χ0v) is 13.5. The van der Waals surface area contributed by atoms with Crippen LogP contribution in [-0.4, -0.2) is 46.3 Å². The van der Waals surface area contributed by atoms with E-state index in [9.17, 15) is 14.7 Å². The first-order valence-corrected chi connectivity index (χ1v) is 6.92. The van der Waals surface area contributed by atoms with Gasteiger partial charge in [-0.2, -0.15) is 0 Å². The predicted molar refractivity (Wildman–Crippen MR) is 79.8 cm³/mol. The molecule has 0 radical (unpaired) electrons. The molecule has 0 aromatic carbocycles. The maximum atomic E-state index is 12.2. The molecule has 1 aromatic heterocycles. The molecule has 122 valence electrons. The van der Waals surface area contributed by atoms with Crippen molar-refractivity contribution in [1.82, 2.24) is 9.88 Å². The number of pyridine rings is 1. The van der Waals surface area contributed by atoms with Crippen molar-refractivity contribution in [2.24, 2.45) is 0 Å². The maximum Gasteiger partial charge on any atom is 0.411 e. The summed E-state index contributed by atoms with van der Waals surface area (Å²) in [6.07, 6.45) is 0.697. The third-order valence-electron chi connectivity index (χ3n) is 2.80. The van der Waals surface area contributed by atoms with Crippen molar-refractivity contribution in [3.8, 4) is 5.88 Å². The van der Waals surface area contributed by atoms with Crippen LogP contribution in [-0.2, 0) is 9.53 Å². The molecule has 7 heteroatoms. The number of hydrogen-bond donors (Lipinski definition) is 1. The SMILES string of the molecule is CCN(C(=O)OC(C)(C)C)C(C(=O)O)c1ccc(OC)nc1. The van der Waals surface area contributed by atoms with Crippen LogP contribution in [0.15, 0.2) is 18.3 Å². The van der Waals surface area contributed by atoms with Crippen molar-refractivity contribution in [3.63, 3.8) is 0 Å². The summed E-state index contributed by atoms with van der Waals surface area (Å²) in [6.45, 7) is 7.06. The van der Waals surface area contributed by atoms with Crippen LogP contribution < -0.4 is 4.74 Å². The molecule has 0 aliphatic heterocycles. The minimum atomic E-state index is -1.17. The molecule has 22 heavy (non-hydrogen) atoms. The second kappa shape index (κ2) is 7.11. The van der Waals surface area contributed by atoms with Gasteiger partial charge in [0.15, 0.2) is 6.04 Å². The molecule has 1 rings (SSSR count). The molecule has 1 aromatic rings. The maximum absolute atomic E-state index is 12.2. The number of carbonyl (C=O) groups excluding carboxylic acids is 1. The summed E-state index contributed by atoms with van der Waals surface area (Å²) in [6, 6.07) is 1.95. The molecule has 1 heterocycles. The van der Waals surface area contributed by atoms with E-state index in [0.717, 1.165) is 4.90 Å². The van der Waals surface area contributed by atoms with Crippen molar-refractivity contribution in [3.05, 3.63) is 23.9 Å². The van der Waals surface area contributed by atoms with Gasteiger partial charge in [0.25, 0.3) is 0 Å². The average Bonchev–Trinajstić information content (AvgIpc) is 2.42. The topological polar surface area (TPSA) is 89.0 Å². The monoisotopic (exact) mass is 310 g/mol. The van der Waals surface area contributed by atoms with Crippen molar-refractivity contribution < 1.29 is 24.2 Å². The van der Waals surface area contributed by atoms with Crippen molar-refractivity contribution >= 4 is 12.1 Å². The number of methoxy groups -OCH3 is 1. The van der Waals surface area contributed by atoms with Crippen LogP contribution in [0.5, 0.6) is 5.88 Å². The van der Waals surface area contributed by atoms with Gasteiger partial charge in [-0.05, 0) is 33.8 Å². The summed E-state index contributed by atoms with van der Waals surface area (Å²) in [7, 11) is 1.47. The highest BCUT2D eigenvalue weighted by molar-refractivity contribution is 5.81. The van der Waals surface area contributed by atoms with Crippen LogP contribution in [0.1, 0.15) is 39.3 Å². The van der Waals surface area contributed by atoms with Gasteiger partial charge in [0.1, 0.15) is 5.60 Å². The summed E-state index contributed by atoms with van der Waals surface area (Å²) in [4.78, 5) is 29.0. The number of likely N-dealkylation sites (N-methyl/N-ethyl adjacent to an activating group) is 1. The summed E-state index contributed by atoms with van der Waals surface area (Å²) >= 11 is 0. The van der Waals surface area contributed by atoms with Gasteiger partial charge in [-0.15, -0.1) is 0 Å². The molecule has 0 spiro atoms. The highest BCUT2D eigenvalue weighted by atomic mass is 16.6. The van der Waals surface area contributed by atoms with Gasteiger partial charge in [-0.3, -0.25) is 4.90 Å². The Labute approximate surface area is 129 Å². The molecule has 1 amide bonds. The molecule has 0 aliphatic carbocycles. The molecule has 1 unspecified atom stereocenters. The third kappa shape index (κ3) is 4.61. The number of amides is 1. The Bertz CT molecular complexity index is 522. The van der Waals surface area contributed by atoms with Gasteiger partial charge in [-0.1, -0.05) is 0 Å². The lowest BCUT2D eigenvalue weighted by molar-refractivity contribution is -0.143. The molecular formula is C15H22N2O5. The number of aliphatic carboxylic acids is 1. The van der Waals surface area contributed by atoms with E-state index in [1.807, 2.05) is 0 Å². The quantitative estimate of drug-likeness (QED) is 0.898. The first-order valence-electron chi connectivity index (χ1n) is 6.92. The highest BCUT2D eigenvalue weighted by Crippen LogP contribution is 2.24. The number of nitrogens with zero attached hydrogens (tertiary/aromatic N) is 2. The van der Waals surface area contributed by atoms with E-state index in [0.29, 0.717) is 11.4 Å². The van der Waals surface area contributed by atoms with Gasteiger partial charge in [-0.25, -0.2) is 14.6 Å². The van der Waals surface area contributed by atoms with E-state index in [4.69, 9.17) is 9.47 Å². The van der Waals surface area contributed by atoms with Gasteiger partial charge in [0.2, 0.25) is 5.88 Å². The van der Waals surface area contributed by atoms with E-state index in [-0.39, 0.29) is 6.54 Å². The largest absolute Gasteiger partial charge is 0.481 e. The fourth-order valence-electron chi connectivity index (χ4n) is 1.87. The number of carbonyl (C=O) groups is 2. The lowest BCUT2D eigenvalue weighted by Crippen LogP contribution is -2.42. The van der Waals surface area contributed by atoms with Crippen LogP contribution in [0.2, 0.25) is 0 Å². The molecule has 1 N–H and O–H groups in total. The van der Waals surface area contributed by atoms with Gasteiger partial charge in [0, 0.05) is 24.4 Å². The van der Waals surface area contributed by atoms with E-state index in [2.05, 4.69) is 4.98 Å². The Balaban J connectivity index is 3.10. The average molecular weight is 310 g/mol. The van der Waals surface area contributed by atoms with Gasteiger partial charge < -0.3 is 14.6 Å². The number of ether oxygens (including phenoxy) is 2. The van der Waals surface area contributed by atoms with E-state index in [1.54, 1.807) is 39.8 Å². The van der Waals surface area contributed by atoms with Crippen LogP contribution in [0.25, 0.3) is 0 Å². The molecule has 0 saturated heterocycles. The third-order valence-corrected chi connectivity index (χ3v) is 2.80. The van der Waals surface area contributed by atoms with Crippen molar-refractivity contribution in [1.29, 1.82) is 0 Å². The standard InChI is InChI=1S/C15H22N2O5/c1-6-17(14(20)22-15(2,3)4)12(13(18)19)10-7-8-11(21-5)16-9-10/h7-9,12H,6H2,1-5H3,(H,18,19). The van der Waals surface area contributed by atoms with E-state index < -0.39 is 23.7 Å². The van der Waals surface area contributed by atoms with E-state index in [1.165, 1.54) is 13.3 Å². The van der Waals surface area contributed by atoms with E-state index >= 15 is 0 Å². The number of carboxylic acids is 1. The Morgan fingerprint density at radius 3 is 2.36 bits per heavy atom. The zero-order chi connectivity index (χ0) is 16.9. The molecule has 0 aliphatic rings. The smallest absolute Gasteiger partial charge is 0.411 e. The zero-order valence-electron chi connectivity index (χ0n) is 13.5. The molecule has 7 nitrogen and oxygen atoms in total. The molecule has 0 saturated carbocycles. The van der Waals surface area contributed by atoms with Crippen molar-refractivity contribution in [2.45, 2.75) is 39.3 Å². The fraction of sp³-hybridized carbons (Fsp3) is 0.533. The Morgan fingerprint density at radius 2 is 2.00 bits per heavy atom. The minimum Gasteiger partial charge on any atom is -0.481 e. The summed E-state index contributed by atoms with van der Waals surface area (Å²) in [5, 5.41) is 9.49. The molecule has 1 atom stereocenters. The van der Waals surface area contributed by atoms with Crippen LogP contribution in [0.4, 0.5) is 4.79 Å². The summed E-state index contributed by atoms with van der Waals surface area (Å²) in [5.41, 5.74) is -0.327. The first-order chi connectivity index (χ1) is 10.2. The Morgan fingerprint density at radius 1 is 1.36 bits per heavy atom. The second-order valence-electron chi connectivity index (χ2n) is 5.64. The van der Waals surface area contributed by atoms with Crippen LogP contribution in [0, 0.1) is 0 Å².